The van der Waals surface area contributed by atoms with E-state index in [1.807, 2.05) is 48.7 Å². The van der Waals surface area contributed by atoms with Gasteiger partial charge in [0.05, 0.1) is 29.1 Å². The van der Waals surface area contributed by atoms with Crippen LogP contribution in [-0.2, 0) is 4.74 Å². The highest BCUT2D eigenvalue weighted by atomic mass is 32.1. The summed E-state index contributed by atoms with van der Waals surface area (Å²) in [4.78, 5) is 18.2. The highest BCUT2D eigenvalue weighted by molar-refractivity contribution is 7.23. The Balaban J connectivity index is 1.41. The second-order valence-electron chi connectivity index (χ2n) is 7.14. The zero-order valence-corrected chi connectivity index (χ0v) is 16.9. The molecule has 29 heavy (non-hydrogen) atoms. The first-order valence-electron chi connectivity index (χ1n) is 9.67. The Morgan fingerprint density at radius 3 is 3.10 bits per heavy atom. The number of rotatable bonds is 5. The Labute approximate surface area is 172 Å². The lowest BCUT2D eigenvalue weighted by Gasteiger charge is -2.10. The number of aromatic nitrogens is 2. The van der Waals surface area contributed by atoms with Gasteiger partial charge < -0.3 is 14.8 Å². The maximum absolute atomic E-state index is 12.5. The molecular formula is C22H21N3O3S. The van der Waals surface area contributed by atoms with Gasteiger partial charge in [0.15, 0.2) is 4.96 Å². The van der Waals surface area contributed by atoms with E-state index in [0.29, 0.717) is 12.1 Å². The van der Waals surface area contributed by atoms with Gasteiger partial charge in [-0.1, -0.05) is 23.5 Å². The molecule has 1 saturated heterocycles. The first-order valence-corrected chi connectivity index (χ1v) is 10.5. The van der Waals surface area contributed by atoms with E-state index in [9.17, 15) is 4.79 Å². The number of nitrogens with zero attached hydrogens (tertiary/aromatic N) is 2. The van der Waals surface area contributed by atoms with Crippen LogP contribution < -0.4 is 10.1 Å². The Kier molecular flexibility index (Phi) is 4.69. The first-order chi connectivity index (χ1) is 14.2. The predicted octanol–water partition coefficient (Wildman–Crippen LogP) is 4.13. The van der Waals surface area contributed by atoms with Crippen molar-refractivity contribution in [2.75, 3.05) is 20.3 Å². The fourth-order valence-corrected chi connectivity index (χ4v) is 4.72. The third-order valence-electron chi connectivity index (χ3n) is 5.24. The first kappa shape index (κ1) is 18.1. The zero-order valence-electron chi connectivity index (χ0n) is 16.1. The summed E-state index contributed by atoms with van der Waals surface area (Å²) in [7, 11) is 1.66. The topological polar surface area (TPSA) is 64.9 Å². The zero-order chi connectivity index (χ0) is 19.8. The Morgan fingerprint density at radius 1 is 1.34 bits per heavy atom. The fraction of sp³-hybridized carbons (Fsp3) is 0.273. The molecule has 0 bridgehead atoms. The third-order valence-corrected chi connectivity index (χ3v) is 6.25. The summed E-state index contributed by atoms with van der Waals surface area (Å²) in [5.41, 5.74) is 3.62. The number of nitrogens with one attached hydrogen (secondary N) is 1. The van der Waals surface area contributed by atoms with Crippen LogP contribution in [-0.4, -0.2) is 41.7 Å². The molecule has 1 N–H and O–H groups in total. The van der Waals surface area contributed by atoms with Crippen molar-refractivity contribution in [2.24, 2.45) is 0 Å². The average Bonchev–Trinajstić information content (AvgIpc) is 3.47. The highest BCUT2D eigenvalue weighted by Crippen LogP contribution is 2.31. The summed E-state index contributed by atoms with van der Waals surface area (Å²) < 4.78 is 14.0. The minimum Gasteiger partial charge on any atom is -0.497 e. The summed E-state index contributed by atoms with van der Waals surface area (Å²) in [5.74, 6) is 0.743. The number of benzene rings is 2. The Morgan fingerprint density at radius 2 is 2.28 bits per heavy atom. The maximum Gasteiger partial charge on any atom is 0.251 e. The van der Waals surface area contributed by atoms with E-state index in [2.05, 4.69) is 9.72 Å². The van der Waals surface area contributed by atoms with Crippen molar-refractivity contribution in [3.8, 4) is 17.0 Å². The van der Waals surface area contributed by atoms with Crippen LogP contribution in [0.3, 0.4) is 0 Å². The molecule has 0 spiro atoms. The van der Waals surface area contributed by atoms with Gasteiger partial charge in [0.25, 0.3) is 5.91 Å². The number of carbonyl (C=O) groups excluding carboxylic acids is 1. The summed E-state index contributed by atoms with van der Waals surface area (Å²) in [6.45, 7) is 1.35. The number of imidazole rings is 1. The molecule has 1 fully saturated rings. The van der Waals surface area contributed by atoms with Crippen molar-refractivity contribution in [1.29, 1.82) is 0 Å². The number of carbonyl (C=O) groups is 1. The molecule has 1 aliphatic rings. The second kappa shape index (κ2) is 7.50. The van der Waals surface area contributed by atoms with Crippen molar-refractivity contribution in [3.63, 3.8) is 0 Å². The largest absolute Gasteiger partial charge is 0.497 e. The molecule has 1 aliphatic heterocycles. The lowest BCUT2D eigenvalue weighted by molar-refractivity contribution is 0.0858. The van der Waals surface area contributed by atoms with E-state index in [0.717, 1.165) is 51.6 Å². The summed E-state index contributed by atoms with van der Waals surface area (Å²) in [5, 5.41) is 2.98. The SMILES string of the molecule is COc1cccc(-c2cn3c(n2)sc2cc(C(=O)NCC4CCCO4)ccc23)c1. The van der Waals surface area contributed by atoms with Crippen LogP contribution in [0.1, 0.15) is 23.2 Å². The van der Waals surface area contributed by atoms with Gasteiger partial charge in [-0.05, 0) is 43.2 Å². The number of hydrogen-bond acceptors (Lipinski definition) is 5. The number of ether oxygens (including phenoxy) is 2. The minimum absolute atomic E-state index is 0.0643. The van der Waals surface area contributed by atoms with Gasteiger partial charge >= 0.3 is 0 Å². The monoisotopic (exact) mass is 407 g/mol. The molecule has 3 heterocycles. The fourth-order valence-electron chi connectivity index (χ4n) is 3.68. The normalized spacial score (nSPS) is 16.5. The lowest BCUT2D eigenvalue weighted by Crippen LogP contribution is -2.31. The van der Waals surface area contributed by atoms with Gasteiger partial charge in [-0.3, -0.25) is 9.20 Å². The van der Waals surface area contributed by atoms with Crippen molar-refractivity contribution in [1.82, 2.24) is 14.7 Å². The standard InChI is InChI=1S/C22H21N3O3S/c1-27-16-5-2-4-14(10-16)18-13-25-19-8-7-15(11-20(19)29-22(25)24-18)21(26)23-12-17-6-3-9-28-17/h2,4-5,7-8,10-11,13,17H,3,6,9,12H2,1H3,(H,23,26). The molecule has 5 rings (SSSR count). The maximum atomic E-state index is 12.5. The third kappa shape index (κ3) is 3.47. The molecule has 1 atom stereocenters. The minimum atomic E-state index is -0.0643. The van der Waals surface area contributed by atoms with Crippen LogP contribution in [0, 0.1) is 0 Å². The molecule has 2 aromatic carbocycles. The van der Waals surface area contributed by atoms with Gasteiger partial charge in [-0.25, -0.2) is 4.98 Å². The summed E-state index contributed by atoms with van der Waals surface area (Å²) in [6, 6.07) is 13.7. The highest BCUT2D eigenvalue weighted by Gasteiger charge is 2.17. The van der Waals surface area contributed by atoms with Crippen LogP contribution in [0.15, 0.2) is 48.7 Å². The van der Waals surface area contributed by atoms with Gasteiger partial charge in [0, 0.05) is 30.5 Å². The lowest BCUT2D eigenvalue weighted by atomic mass is 10.1. The molecule has 0 aliphatic carbocycles. The molecule has 2 aromatic heterocycles. The van der Waals surface area contributed by atoms with Gasteiger partial charge in [-0.15, -0.1) is 0 Å². The van der Waals surface area contributed by atoms with Crippen LogP contribution >= 0.6 is 11.3 Å². The molecule has 148 valence electrons. The van der Waals surface area contributed by atoms with Gasteiger partial charge in [0.1, 0.15) is 5.75 Å². The van der Waals surface area contributed by atoms with Crippen molar-refractivity contribution < 1.29 is 14.3 Å². The smallest absolute Gasteiger partial charge is 0.251 e. The van der Waals surface area contributed by atoms with E-state index in [1.165, 1.54) is 0 Å². The van der Waals surface area contributed by atoms with E-state index < -0.39 is 0 Å². The number of amides is 1. The van der Waals surface area contributed by atoms with Crippen LogP contribution in [0.2, 0.25) is 0 Å². The quantitative estimate of drug-likeness (QED) is 0.540. The van der Waals surface area contributed by atoms with Crippen LogP contribution in [0.4, 0.5) is 0 Å². The Bertz CT molecular complexity index is 1190. The Hall–Kier alpha value is -2.90. The van der Waals surface area contributed by atoms with Crippen molar-refractivity contribution in [3.05, 3.63) is 54.2 Å². The number of thiazole rings is 1. The molecular weight excluding hydrogens is 386 g/mol. The van der Waals surface area contributed by atoms with E-state index >= 15 is 0 Å². The van der Waals surface area contributed by atoms with Crippen LogP contribution in [0.5, 0.6) is 5.75 Å². The van der Waals surface area contributed by atoms with E-state index in [4.69, 9.17) is 14.5 Å². The number of fused-ring (bicyclic) bond motifs is 3. The molecule has 7 heteroatoms. The second-order valence-corrected chi connectivity index (χ2v) is 8.15. The number of hydrogen-bond donors (Lipinski definition) is 1. The van der Waals surface area contributed by atoms with Crippen molar-refractivity contribution >= 4 is 32.4 Å². The summed E-state index contributed by atoms with van der Waals surface area (Å²) in [6.07, 6.45) is 4.25. The molecule has 1 unspecified atom stereocenters. The molecule has 6 nitrogen and oxygen atoms in total. The molecule has 1 amide bonds. The van der Waals surface area contributed by atoms with Crippen LogP contribution in [0.25, 0.3) is 26.4 Å². The predicted molar refractivity (Wildman–Crippen MR) is 114 cm³/mol. The molecule has 4 aromatic rings. The summed E-state index contributed by atoms with van der Waals surface area (Å²) >= 11 is 1.58. The molecule has 0 radical (unpaired) electrons. The molecule has 0 saturated carbocycles. The number of methoxy groups -OCH3 is 1. The van der Waals surface area contributed by atoms with E-state index in [-0.39, 0.29) is 12.0 Å². The van der Waals surface area contributed by atoms with E-state index in [1.54, 1.807) is 18.4 Å². The average molecular weight is 407 g/mol. The van der Waals surface area contributed by atoms with Gasteiger partial charge in [0.2, 0.25) is 0 Å². The van der Waals surface area contributed by atoms with Crippen molar-refractivity contribution in [2.45, 2.75) is 18.9 Å². The van der Waals surface area contributed by atoms with Gasteiger partial charge in [-0.2, -0.15) is 0 Å².